The van der Waals surface area contributed by atoms with Gasteiger partial charge in [0.2, 0.25) is 0 Å². The highest BCUT2D eigenvalue weighted by Gasteiger charge is 2.43. The van der Waals surface area contributed by atoms with Crippen molar-refractivity contribution in [3.8, 4) is 0 Å². The van der Waals surface area contributed by atoms with Crippen LogP contribution in [0.3, 0.4) is 0 Å². The zero-order chi connectivity index (χ0) is 14.2. The first-order valence-electron chi connectivity index (χ1n) is 7.41. The van der Waals surface area contributed by atoms with E-state index in [1.807, 2.05) is 12.1 Å². The molecule has 3 rings (SSSR count). The van der Waals surface area contributed by atoms with Crippen LogP contribution in [0.25, 0.3) is 0 Å². The summed E-state index contributed by atoms with van der Waals surface area (Å²) in [5, 5.41) is 7.44. The van der Waals surface area contributed by atoms with Gasteiger partial charge in [-0.3, -0.25) is 5.41 Å². The molecule has 1 aliphatic heterocycles. The summed E-state index contributed by atoms with van der Waals surface area (Å²) in [7, 11) is 2.16. The van der Waals surface area contributed by atoms with E-state index in [-0.39, 0.29) is 11.4 Å². The Morgan fingerprint density at radius 2 is 2.05 bits per heavy atom. The van der Waals surface area contributed by atoms with Gasteiger partial charge in [0.25, 0.3) is 0 Å². The maximum absolute atomic E-state index is 7.44. The maximum atomic E-state index is 7.44. The van der Waals surface area contributed by atoms with E-state index >= 15 is 0 Å². The van der Waals surface area contributed by atoms with Gasteiger partial charge in [0.15, 0.2) is 0 Å². The lowest BCUT2D eigenvalue weighted by molar-refractivity contribution is -0.132. The molecule has 0 radical (unpaired) electrons. The maximum Gasteiger partial charge on any atom is 0.122 e. The van der Waals surface area contributed by atoms with Gasteiger partial charge >= 0.3 is 0 Å². The second-order valence-corrected chi connectivity index (χ2v) is 6.10. The molecule has 4 heteroatoms. The van der Waals surface area contributed by atoms with Gasteiger partial charge in [0.1, 0.15) is 5.84 Å². The van der Waals surface area contributed by atoms with Crippen molar-refractivity contribution in [1.29, 1.82) is 5.41 Å². The Morgan fingerprint density at radius 1 is 1.35 bits per heavy atom. The first-order chi connectivity index (χ1) is 9.60. The molecule has 0 amide bonds. The van der Waals surface area contributed by atoms with Crippen molar-refractivity contribution in [2.75, 3.05) is 18.6 Å². The number of anilines is 1. The lowest BCUT2D eigenvalue weighted by atomic mass is 9.73. The molecule has 20 heavy (non-hydrogen) atoms. The van der Waals surface area contributed by atoms with Crippen molar-refractivity contribution >= 4 is 11.5 Å². The van der Waals surface area contributed by atoms with E-state index in [1.165, 1.54) is 24.9 Å². The third kappa shape index (κ3) is 2.40. The molecule has 0 bridgehead atoms. The molecule has 1 aliphatic carbocycles. The number of nitrogens with one attached hydrogen (secondary N) is 1. The molecule has 1 heterocycles. The number of nitrogens with zero attached hydrogens (tertiary/aromatic N) is 1. The Hall–Kier alpha value is -1.55. The summed E-state index contributed by atoms with van der Waals surface area (Å²) in [6, 6.07) is 8.51. The van der Waals surface area contributed by atoms with E-state index in [9.17, 15) is 0 Å². The number of ether oxygens (including phenoxy) is 1. The smallest absolute Gasteiger partial charge is 0.122 e. The van der Waals surface area contributed by atoms with Crippen molar-refractivity contribution in [3.05, 3.63) is 29.8 Å². The molecule has 108 valence electrons. The predicted molar refractivity (Wildman–Crippen MR) is 81.4 cm³/mol. The highest BCUT2D eigenvalue weighted by molar-refractivity contribution is 5.95. The zero-order valence-corrected chi connectivity index (χ0v) is 12.1. The Kier molecular flexibility index (Phi) is 3.42. The van der Waals surface area contributed by atoms with Crippen LogP contribution in [-0.4, -0.2) is 31.1 Å². The van der Waals surface area contributed by atoms with Crippen molar-refractivity contribution in [1.82, 2.24) is 0 Å². The van der Waals surface area contributed by atoms with Gasteiger partial charge in [-0.15, -0.1) is 0 Å². The first-order valence-corrected chi connectivity index (χ1v) is 7.41. The van der Waals surface area contributed by atoms with E-state index in [0.29, 0.717) is 6.04 Å². The van der Waals surface area contributed by atoms with Gasteiger partial charge in [0, 0.05) is 30.9 Å². The minimum absolute atomic E-state index is 0.124. The Balaban J connectivity index is 1.71. The molecule has 1 aromatic rings. The van der Waals surface area contributed by atoms with E-state index in [0.717, 1.165) is 25.0 Å². The van der Waals surface area contributed by atoms with Gasteiger partial charge in [0.05, 0.1) is 5.60 Å². The molecule has 1 atom stereocenters. The fourth-order valence-electron chi connectivity index (χ4n) is 3.34. The first kappa shape index (κ1) is 13.4. The van der Waals surface area contributed by atoms with Crippen LogP contribution in [0.4, 0.5) is 5.69 Å². The molecule has 1 spiro atoms. The summed E-state index contributed by atoms with van der Waals surface area (Å²) in [5.41, 5.74) is 7.65. The van der Waals surface area contributed by atoms with Crippen molar-refractivity contribution in [2.45, 2.75) is 43.7 Å². The fraction of sp³-hybridized carbons (Fsp3) is 0.562. The summed E-state index contributed by atoms with van der Waals surface area (Å²) in [4.78, 5) is 2.35. The van der Waals surface area contributed by atoms with Crippen LogP contribution in [0, 0.1) is 5.41 Å². The minimum Gasteiger partial charge on any atom is -0.384 e. The van der Waals surface area contributed by atoms with E-state index in [1.54, 1.807) is 0 Å². The Morgan fingerprint density at radius 3 is 2.60 bits per heavy atom. The van der Waals surface area contributed by atoms with Crippen molar-refractivity contribution in [3.63, 3.8) is 0 Å². The third-order valence-corrected chi connectivity index (χ3v) is 4.87. The molecule has 4 nitrogen and oxygen atoms in total. The van der Waals surface area contributed by atoms with E-state index in [2.05, 4.69) is 24.1 Å². The number of rotatable bonds is 3. The summed E-state index contributed by atoms with van der Waals surface area (Å²) >= 11 is 0. The minimum atomic E-state index is 0.124. The average molecular weight is 273 g/mol. The molecule has 1 unspecified atom stereocenters. The highest BCUT2D eigenvalue weighted by Crippen LogP contribution is 2.43. The van der Waals surface area contributed by atoms with Crippen molar-refractivity contribution in [2.24, 2.45) is 5.73 Å². The van der Waals surface area contributed by atoms with Crippen molar-refractivity contribution < 1.29 is 4.74 Å². The largest absolute Gasteiger partial charge is 0.384 e. The fourth-order valence-corrected chi connectivity index (χ4v) is 3.34. The lowest BCUT2D eigenvalue weighted by Gasteiger charge is -2.49. The lowest BCUT2D eigenvalue weighted by Crippen LogP contribution is -2.51. The molecule has 0 aromatic heterocycles. The van der Waals surface area contributed by atoms with Gasteiger partial charge in [-0.1, -0.05) is 0 Å². The summed E-state index contributed by atoms with van der Waals surface area (Å²) in [5.74, 6) is 0.124. The van der Waals surface area contributed by atoms with Crippen LogP contribution < -0.4 is 10.6 Å². The third-order valence-electron chi connectivity index (χ3n) is 4.87. The predicted octanol–water partition coefficient (Wildman–Crippen LogP) is 2.51. The Labute approximate surface area is 120 Å². The van der Waals surface area contributed by atoms with Gasteiger partial charge in [-0.25, -0.2) is 0 Å². The van der Waals surface area contributed by atoms with Gasteiger partial charge < -0.3 is 15.4 Å². The molecule has 2 aliphatic rings. The summed E-state index contributed by atoms with van der Waals surface area (Å²) in [6.07, 6.45) is 5.98. The number of hydrogen-bond donors (Lipinski definition) is 2. The number of hydrogen-bond acceptors (Lipinski definition) is 3. The topological polar surface area (TPSA) is 62.3 Å². The van der Waals surface area contributed by atoms with E-state index in [4.69, 9.17) is 15.9 Å². The molecular weight excluding hydrogens is 250 g/mol. The second kappa shape index (κ2) is 5.09. The van der Waals surface area contributed by atoms with Crippen LogP contribution in [0.15, 0.2) is 24.3 Å². The average Bonchev–Trinajstić information content (AvgIpc) is 2.45. The molecule has 1 aromatic carbocycles. The zero-order valence-electron chi connectivity index (χ0n) is 12.1. The van der Waals surface area contributed by atoms with Crippen LogP contribution in [-0.2, 0) is 4.74 Å². The van der Waals surface area contributed by atoms with Crippen LogP contribution in [0.1, 0.15) is 37.7 Å². The standard InChI is InChI=1S/C16H23N3O/c1-19(13-5-3-12(4-6-13)15(17)18)14-7-10-20-16(11-14)8-2-9-16/h3-6,14H,2,7-11H2,1H3,(H3,17,18). The number of nitrogens with two attached hydrogens (primary N) is 1. The summed E-state index contributed by atoms with van der Waals surface area (Å²) < 4.78 is 6.00. The van der Waals surface area contributed by atoms with Gasteiger partial charge in [-0.2, -0.15) is 0 Å². The highest BCUT2D eigenvalue weighted by atomic mass is 16.5. The van der Waals surface area contributed by atoms with Crippen LogP contribution in [0.5, 0.6) is 0 Å². The Bertz CT molecular complexity index is 493. The van der Waals surface area contributed by atoms with Crippen LogP contribution in [0.2, 0.25) is 0 Å². The molecule has 1 saturated heterocycles. The molecule has 3 N–H and O–H groups in total. The number of benzene rings is 1. The second-order valence-electron chi connectivity index (χ2n) is 6.10. The SMILES string of the molecule is CN(c1ccc(C(=N)N)cc1)C1CCOC2(CCC2)C1. The molecular formula is C16H23N3O. The molecule has 1 saturated carbocycles. The molecule has 2 fully saturated rings. The summed E-state index contributed by atoms with van der Waals surface area (Å²) in [6.45, 7) is 0.876. The van der Waals surface area contributed by atoms with E-state index < -0.39 is 0 Å². The monoisotopic (exact) mass is 273 g/mol. The number of amidine groups is 1. The quantitative estimate of drug-likeness (QED) is 0.657. The van der Waals surface area contributed by atoms with Gasteiger partial charge in [-0.05, 0) is 56.4 Å². The van der Waals surface area contributed by atoms with Crippen LogP contribution >= 0.6 is 0 Å². The normalized spacial score (nSPS) is 24.1. The number of nitrogen functional groups attached to an aromatic ring is 1.